The van der Waals surface area contributed by atoms with Crippen molar-refractivity contribution < 1.29 is 0 Å². The SMILES string of the molecule is CCNC(=NCc1csc(N(C)C)n1)N(C)Cc1cnn(C)c1.I. The molecule has 0 radical (unpaired) electrons. The maximum atomic E-state index is 4.69. The summed E-state index contributed by atoms with van der Waals surface area (Å²) in [5, 5.41) is 10.6. The van der Waals surface area contributed by atoms with Crippen molar-refractivity contribution in [2.75, 3.05) is 32.6 Å². The molecule has 0 aliphatic heterocycles. The molecule has 1 N–H and O–H groups in total. The lowest BCUT2D eigenvalue weighted by Gasteiger charge is -2.21. The minimum atomic E-state index is 0. The van der Waals surface area contributed by atoms with Crippen LogP contribution in [0.5, 0.6) is 0 Å². The summed E-state index contributed by atoms with van der Waals surface area (Å²) in [5.74, 6) is 0.871. The standard InChI is InChI=1S/C15H25N7S.HI/c1-6-16-14(21(4)9-12-7-18-22(5)10-12)17-8-13-11-23-15(19-13)20(2)3;/h7,10-11H,6,8-9H2,1-5H3,(H,16,17);1H. The van der Waals surface area contributed by atoms with Gasteiger partial charge in [0.1, 0.15) is 0 Å². The van der Waals surface area contributed by atoms with Crippen molar-refractivity contribution in [2.45, 2.75) is 20.0 Å². The summed E-state index contributed by atoms with van der Waals surface area (Å²) in [5.41, 5.74) is 2.15. The zero-order valence-corrected chi connectivity index (χ0v) is 18.0. The maximum Gasteiger partial charge on any atom is 0.194 e. The Hall–Kier alpha value is -1.36. The first-order chi connectivity index (χ1) is 11.0. The van der Waals surface area contributed by atoms with E-state index in [2.05, 4.69) is 37.6 Å². The molecule has 134 valence electrons. The molecule has 0 aliphatic carbocycles. The number of aryl methyl sites for hydroxylation is 1. The molecule has 2 rings (SSSR count). The summed E-state index contributed by atoms with van der Waals surface area (Å²) >= 11 is 1.64. The van der Waals surface area contributed by atoms with Gasteiger partial charge in [-0.2, -0.15) is 5.10 Å². The van der Waals surface area contributed by atoms with Crippen molar-refractivity contribution in [3.05, 3.63) is 29.0 Å². The van der Waals surface area contributed by atoms with E-state index in [0.717, 1.165) is 35.4 Å². The lowest BCUT2D eigenvalue weighted by atomic mass is 10.3. The minimum absolute atomic E-state index is 0. The number of aliphatic imine (C=N–C) groups is 1. The highest BCUT2D eigenvalue weighted by molar-refractivity contribution is 14.0. The van der Waals surface area contributed by atoms with Crippen molar-refractivity contribution in [3.8, 4) is 0 Å². The van der Waals surface area contributed by atoms with E-state index < -0.39 is 0 Å². The number of aromatic nitrogens is 3. The Kier molecular flexibility index (Phi) is 8.46. The Labute approximate surface area is 164 Å². The van der Waals surface area contributed by atoms with Crippen molar-refractivity contribution >= 4 is 46.4 Å². The number of rotatable bonds is 6. The summed E-state index contributed by atoms with van der Waals surface area (Å²) < 4.78 is 1.81. The van der Waals surface area contributed by atoms with Crippen LogP contribution in [0.25, 0.3) is 0 Å². The van der Waals surface area contributed by atoms with Gasteiger partial charge in [-0.05, 0) is 6.92 Å². The molecule has 0 spiro atoms. The van der Waals surface area contributed by atoms with Crippen LogP contribution in [0, 0.1) is 0 Å². The molecule has 0 amide bonds. The third-order valence-electron chi connectivity index (χ3n) is 3.19. The van der Waals surface area contributed by atoms with Gasteiger partial charge in [0.25, 0.3) is 0 Å². The molecule has 7 nitrogen and oxygen atoms in total. The van der Waals surface area contributed by atoms with E-state index >= 15 is 0 Å². The van der Waals surface area contributed by atoms with Gasteiger partial charge in [-0.25, -0.2) is 9.98 Å². The molecule has 0 aliphatic rings. The average molecular weight is 463 g/mol. The fourth-order valence-electron chi connectivity index (χ4n) is 2.10. The monoisotopic (exact) mass is 463 g/mol. The van der Waals surface area contributed by atoms with Crippen LogP contribution in [-0.4, -0.2) is 53.3 Å². The Morgan fingerprint density at radius 3 is 2.67 bits per heavy atom. The summed E-state index contributed by atoms with van der Waals surface area (Å²) in [6.45, 7) is 4.24. The van der Waals surface area contributed by atoms with Crippen LogP contribution >= 0.6 is 35.3 Å². The van der Waals surface area contributed by atoms with E-state index in [9.17, 15) is 0 Å². The number of thiazole rings is 1. The number of nitrogens with one attached hydrogen (secondary N) is 1. The van der Waals surface area contributed by atoms with Crippen LogP contribution < -0.4 is 10.2 Å². The molecule has 0 aromatic carbocycles. The zero-order valence-electron chi connectivity index (χ0n) is 14.9. The highest BCUT2D eigenvalue weighted by Gasteiger charge is 2.09. The maximum absolute atomic E-state index is 4.69. The van der Waals surface area contributed by atoms with E-state index in [1.54, 1.807) is 11.3 Å². The van der Waals surface area contributed by atoms with Gasteiger partial charge in [0.05, 0.1) is 18.4 Å². The molecule has 0 saturated carbocycles. The molecule has 2 heterocycles. The highest BCUT2D eigenvalue weighted by atomic mass is 127. The quantitative estimate of drug-likeness (QED) is 0.404. The van der Waals surface area contributed by atoms with Crippen molar-refractivity contribution in [1.29, 1.82) is 0 Å². The van der Waals surface area contributed by atoms with Gasteiger partial charge >= 0.3 is 0 Å². The lowest BCUT2D eigenvalue weighted by Crippen LogP contribution is -2.38. The molecule has 9 heteroatoms. The van der Waals surface area contributed by atoms with Gasteiger partial charge in [0.2, 0.25) is 0 Å². The van der Waals surface area contributed by atoms with E-state index in [-0.39, 0.29) is 24.0 Å². The first-order valence-electron chi connectivity index (χ1n) is 7.58. The zero-order chi connectivity index (χ0) is 16.8. The van der Waals surface area contributed by atoms with Gasteiger partial charge in [0, 0.05) is 58.4 Å². The van der Waals surface area contributed by atoms with E-state index in [1.807, 2.05) is 50.2 Å². The number of hydrogen-bond acceptors (Lipinski definition) is 5. The topological polar surface area (TPSA) is 61.6 Å². The van der Waals surface area contributed by atoms with Crippen LogP contribution in [0.3, 0.4) is 0 Å². The Balaban J connectivity index is 0.00000288. The molecule has 0 saturated heterocycles. The second-order valence-corrected chi connectivity index (χ2v) is 6.40. The van der Waals surface area contributed by atoms with E-state index in [0.29, 0.717) is 6.54 Å². The molecule has 2 aromatic heterocycles. The second-order valence-electron chi connectivity index (χ2n) is 5.56. The molecule has 2 aromatic rings. The van der Waals surface area contributed by atoms with Crippen LogP contribution in [0.4, 0.5) is 5.13 Å². The molecular weight excluding hydrogens is 437 g/mol. The fourth-order valence-corrected chi connectivity index (χ4v) is 2.85. The highest BCUT2D eigenvalue weighted by Crippen LogP contribution is 2.18. The van der Waals surface area contributed by atoms with Crippen LogP contribution in [0.1, 0.15) is 18.2 Å². The predicted molar refractivity (Wildman–Crippen MR) is 111 cm³/mol. The fraction of sp³-hybridized carbons (Fsp3) is 0.533. The van der Waals surface area contributed by atoms with Gasteiger partial charge < -0.3 is 15.1 Å². The van der Waals surface area contributed by atoms with Crippen molar-refractivity contribution in [3.63, 3.8) is 0 Å². The number of anilines is 1. The summed E-state index contributed by atoms with van der Waals surface area (Å²) in [6.07, 6.45) is 3.90. The van der Waals surface area contributed by atoms with Crippen molar-refractivity contribution in [2.24, 2.45) is 12.0 Å². The molecule has 24 heavy (non-hydrogen) atoms. The third kappa shape index (κ3) is 5.93. The normalized spacial score (nSPS) is 11.1. The van der Waals surface area contributed by atoms with E-state index in [4.69, 9.17) is 0 Å². The molecule has 0 bridgehead atoms. The van der Waals surface area contributed by atoms with Crippen LogP contribution in [-0.2, 0) is 20.1 Å². The van der Waals surface area contributed by atoms with E-state index in [1.165, 1.54) is 0 Å². The third-order valence-corrected chi connectivity index (χ3v) is 4.24. The Morgan fingerprint density at radius 2 is 2.12 bits per heavy atom. The van der Waals surface area contributed by atoms with Gasteiger partial charge in [-0.3, -0.25) is 4.68 Å². The molecular formula is C15H26IN7S. The van der Waals surface area contributed by atoms with Gasteiger partial charge in [-0.15, -0.1) is 35.3 Å². The number of guanidine groups is 1. The molecule has 0 unspecified atom stereocenters. The number of halogens is 1. The Bertz CT molecular complexity index is 650. The lowest BCUT2D eigenvalue weighted by molar-refractivity contribution is 0.476. The van der Waals surface area contributed by atoms with Crippen LogP contribution in [0.15, 0.2) is 22.8 Å². The summed E-state index contributed by atoms with van der Waals surface area (Å²) in [6, 6.07) is 0. The van der Waals surface area contributed by atoms with Gasteiger partial charge in [0.15, 0.2) is 11.1 Å². The second kappa shape index (κ2) is 9.82. The molecule has 0 fully saturated rings. The van der Waals surface area contributed by atoms with Gasteiger partial charge in [-0.1, -0.05) is 0 Å². The minimum Gasteiger partial charge on any atom is -0.357 e. The first kappa shape index (κ1) is 20.7. The van der Waals surface area contributed by atoms with Crippen LogP contribution in [0.2, 0.25) is 0 Å². The largest absolute Gasteiger partial charge is 0.357 e. The average Bonchev–Trinajstić information content (AvgIpc) is 3.12. The smallest absolute Gasteiger partial charge is 0.194 e. The number of nitrogens with zero attached hydrogens (tertiary/aromatic N) is 6. The van der Waals surface area contributed by atoms with Crippen molar-refractivity contribution in [1.82, 2.24) is 25.0 Å². The predicted octanol–water partition coefficient (Wildman–Crippen LogP) is 2.16. The summed E-state index contributed by atoms with van der Waals surface area (Å²) in [4.78, 5) is 13.4. The first-order valence-corrected chi connectivity index (χ1v) is 8.46. The number of hydrogen-bond donors (Lipinski definition) is 1. The Morgan fingerprint density at radius 1 is 1.38 bits per heavy atom. The molecule has 0 atom stereocenters. The summed E-state index contributed by atoms with van der Waals surface area (Å²) in [7, 11) is 7.95.